The highest BCUT2D eigenvalue weighted by atomic mass is 16.5. The van der Waals surface area contributed by atoms with Crippen LogP contribution in [0.2, 0.25) is 0 Å². The normalized spacial score (nSPS) is 13.6. The number of carbonyl (C=O) groups excluding carboxylic acids is 3. The van der Waals surface area contributed by atoms with Gasteiger partial charge in [-0.3, -0.25) is 14.4 Å². The highest BCUT2D eigenvalue weighted by molar-refractivity contribution is 6.11. The Kier molecular flexibility index (Phi) is 6.56. The van der Waals surface area contributed by atoms with E-state index in [2.05, 4.69) is 5.32 Å². The SMILES string of the molecule is CCOc1ccc(CNC(=O)CN2C(=O)CN(C)C(=O)c3ccccc32)cc1OC. The Morgan fingerprint density at radius 1 is 1.13 bits per heavy atom. The molecule has 30 heavy (non-hydrogen) atoms. The quantitative estimate of drug-likeness (QED) is 0.751. The van der Waals surface area contributed by atoms with Crippen LogP contribution in [0.25, 0.3) is 0 Å². The van der Waals surface area contributed by atoms with E-state index in [1.165, 1.54) is 9.80 Å². The zero-order valence-electron chi connectivity index (χ0n) is 17.3. The van der Waals surface area contributed by atoms with E-state index >= 15 is 0 Å². The molecule has 1 aliphatic heterocycles. The molecule has 1 N–H and O–H groups in total. The lowest BCUT2D eigenvalue weighted by Gasteiger charge is -2.21. The molecular weight excluding hydrogens is 386 g/mol. The number of nitrogens with zero attached hydrogens (tertiary/aromatic N) is 2. The molecule has 0 aromatic heterocycles. The summed E-state index contributed by atoms with van der Waals surface area (Å²) in [6.45, 7) is 2.42. The number of ether oxygens (including phenoxy) is 2. The number of benzene rings is 2. The van der Waals surface area contributed by atoms with Gasteiger partial charge in [0.1, 0.15) is 13.1 Å². The number of methoxy groups -OCH3 is 1. The molecule has 3 rings (SSSR count). The van der Waals surface area contributed by atoms with Crippen molar-refractivity contribution in [3.8, 4) is 11.5 Å². The van der Waals surface area contributed by atoms with Gasteiger partial charge in [-0.25, -0.2) is 0 Å². The van der Waals surface area contributed by atoms with Gasteiger partial charge in [0.15, 0.2) is 11.5 Å². The molecule has 2 aromatic rings. The number of hydrogen-bond donors (Lipinski definition) is 1. The Hall–Kier alpha value is -3.55. The van der Waals surface area contributed by atoms with Crippen LogP contribution in [-0.4, -0.2) is 56.5 Å². The lowest BCUT2D eigenvalue weighted by molar-refractivity contribution is -0.124. The van der Waals surface area contributed by atoms with Crippen LogP contribution in [0.5, 0.6) is 11.5 Å². The van der Waals surface area contributed by atoms with Gasteiger partial charge in [-0.2, -0.15) is 0 Å². The van der Waals surface area contributed by atoms with Gasteiger partial charge in [0.2, 0.25) is 11.8 Å². The van der Waals surface area contributed by atoms with Crippen molar-refractivity contribution >= 4 is 23.4 Å². The predicted octanol–water partition coefficient (Wildman–Crippen LogP) is 1.83. The van der Waals surface area contributed by atoms with E-state index in [0.717, 1.165) is 5.56 Å². The Balaban J connectivity index is 1.71. The molecule has 0 saturated heterocycles. The van der Waals surface area contributed by atoms with Gasteiger partial charge in [-0.15, -0.1) is 0 Å². The maximum atomic E-state index is 12.6. The highest BCUT2D eigenvalue weighted by Gasteiger charge is 2.30. The third-order valence-corrected chi connectivity index (χ3v) is 4.76. The number of likely N-dealkylation sites (N-methyl/N-ethyl adjacent to an activating group) is 1. The van der Waals surface area contributed by atoms with E-state index in [1.54, 1.807) is 50.6 Å². The van der Waals surface area contributed by atoms with E-state index in [4.69, 9.17) is 9.47 Å². The average molecular weight is 411 g/mol. The minimum absolute atomic E-state index is 0.0864. The standard InChI is InChI=1S/C22H25N3O5/c1-4-30-18-10-9-15(11-19(18)29-3)12-23-20(26)13-25-17-8-6-5-7-16(17)22(28)24(2)14-21(25)27/h5-11H,4,12-14H2,1-3H3,(H,23,26). The fourth-order valence-electron chi connectivity index (χ4n) is 3.26. The second-order valence-electron chi connectivity index (χ2n) is 6.85. The van der Waals surface area contributed by atoms with Crippen LogP contribution < -0.4 is 19.7 Å². The van der Waals surface area contributed by atoms with Crippen molar-refractivity contribution in [2.24, 2.45) is 0 Å². The van der Waals surface area contributed by atoms with Crippen molar-refractivity contribution in [1.82, 2.24) is 10.2 Å². The molecule has 0 atom stereocenters. The van der Waals surface area contributed by atoms with Gasteiger partial charge >= 0.3 is 0 Å². The molecule has 1 aliphatic rings. The molecule has 0 aliphatic carbocycles. The third-order valence-electron chi connectivity index (χ3n) is 4.76. The summed E-state index contributed by atoms with van der Waals surface area (Å²) < 4.78 is 10.8. The van der Waals surface area contributed by atoms with Crippen LogP contribution in [0.4, 0.5) is 5.69 Å². The average Bonchev–Trinajstić information content (AvgIpc) is 2.83. The van der Waals surface area contributed by atoms with Crippen molar-refractivity contribution in [2.45, 2.75) is 13.5 Å². The van der Waals surface area contributed by atoms with Crippen molar-refractivity contribution in [3.63, 3.8) is 0 Å². The van der Waals surface area contributed by atoms with Crippen LogP contribution in [-0.2, 0) is 16.1 Å². The van der Waals surface area contributed by atoms with E-state index in [1.807, 2.05) is 13.0 Å². The molecule has 8 heteroatoms. The highest BCUT2D eigenvalue weighted by Crippen LogP contribution is 2.28. The maximum absolute atomic E-state index is 12.6. The number of nitrogens with one attached hydrogen (secondary N) is 1. The van der Waals surface area contributed by atoms with Crippen LogP contribution >= 0.6 is 0 Å². The van der Waals surface area contributed by atoms with Crippen molar-refractivity contribution < 1.29 is 23.9 Å². The van der Waals surface area contributed by atoms with E-state index in [0.29, 0.717) is 29.4 Å². The van der Waals surface area contributed by atoms with Gasteiger partial charge in [0, 0.05) is 13.6 Å². The number of carbonyl (C=O) groups is 3. The fourth-order valence-corrected chi connectivity index (χ4v) is 3.26. The Bertz CT molecular complexity index is 960. The van der Waals surface area contributed by atoms with Gasteiger partial charge in [0.25, 0.3) is 5.91 Å². The molecular formula is C22H25N3O5. The Labute approximate surface area is 175 Å². The third kappa shape index (κ3) is 4.53. The van der Waals surface area contributed by atoms with E-state index < -0.39 is 0 Å². The zero-order chi connectivity index (χ0) is 21.7. The molecule has 3 amide bonds. The van der Waals surface area contributed by atoms with Crippen LogP contribution in [0.15, 0.2) is 42.5 Å². The second-order valence-corrected chi connectivity index (χ2v) is 6.85. The smallest absolute Gasteiger partial charge is 0.256 e. The summed E-state index contributed by atoms with van der Waals surface area (Å²) in [5.74, 6) is 0.331. The Morgan fingerprint density at radius 3 is 2.63 bits per heavy atom. The summed E-state index contributed by atoms with van der Waals surface area (Å²) in [7, 11) is 3.13. The van der Waals surface area contributed by atoms with Gasteiger partial charge < -0.3 is 24.6 Å². The van der Waals surface area contributed by atoms with E-state index in [9.17, 15) is 14.4 Å². The molecule has 0 bridgehead atoms. The van der Waals surface area contributed by atoms with E-state index in [-0.39, 0.29) is 37.4 Å². The van der Waals surface area contributed by atoms with Crippen molar-refractivity contribution in [1.29, 1.82) is 0 Å². The fraction of sp³-hybridized carbons (Fsp3) is 0.318. The first-order chi connectivity index (χ1) is 14.4. The zero-order valence-corrected chi connectivity index (χ0v) is 17.3. The molecule has 158 valence electrons. The molecule has 0 radical (unpaired) electrons. The number of para-hydroxylation sites is 1. The lowest BCUT2D eigenvalue weighted by atomic mass is 10.1. The summed E-state index contributed by atoms with van der Waals surface area (Å²) >= 11 is 0. The van der Waals surface area contributed by atoms with Gasteiger partial charge in [0.05, 0.1) is 25.0 Å². The maximum Gasteiger partial charge on any atom is 0.256 e. The van der Waals surface area contributed by atoms with Crippen LogP contribution in [0.3, 0.4) is 0 Å². The Morgan fingerprint density at radius 2 is 1.90 bits per heavy atom. The summed E-state index contributed by atoms with van der Waals surface area (Å²) in [5, 5.41) is 2.82. The summed E-state index contributed by atoms with van der Waals surface area (Å²) in [4.78, 5) is 40.4. The van der Waals surface area contributed by atoms with Crippen LogP contribution in [0, 0.1) is 0 Å². The molecule has 1 heterocycles. The molecule has 0 saturated carbocycles. The number of fused-ring (bicyclic) bond motifs is 1. The van der Waals surface area contributed by atoms with Crippen molar-refractivity contribution in [3.05, 3.63) is 53.6 Å². The monoisotopic (exact) mass is 411 g/mol. The topological polar surface area (TPSA) is 88.2 Å². The second kappa shape index (κ2) is 9.30. The first-order valence-corrected chi connectivity index (χ1v) is 9.65. The first-order valence-electron chi connectivity index (χ1n) is 9.65. The van der Waals surface area contributed by atoms with Gasteiger partial charge in [-0.1, -0.05) is 18.2 Å². The summed E-state index contributed by atoms with van der Waals surface area (Å²) in [6, 6.07) is 12.2. The van der Waals surface area contributed by atoms with Gasteiger partial charge in [-0.05, 0) is 36.8 Å². The molecule has 2 aromatic carbocycles. The predicted molar refractivity (Wildman–Crippen MR) is 112 cm³/mol. The van der Waals surface area contributed by atoms with Crippen LogP contribution in [0.1, 0.15) is 22.8 Å². The minimum Gasteiger partial charge on any atom is -0.493 e. The molecule has 0 fully saturated rings. The molecule has 8 nitrogen and oxygen atoms in total. The number of rotatable bonds is 7. The minimum atomic E-state index is -0.331. The molecule has 0 spiro atoms. The number of anilines is 1. The van der Waals surface area contributed by atoms with Crippen molar-refractivity contribution in [2.75, 3.05) is 38.8 Å². The molecule has 0 unspecified atom stereocenters. The largest absolute Gasteiger partial charge is 0.493 e. The number of amides is 3. The summed E-state index contributed by atoms with van der Waals surface area (Å²) in [5.41, 5.74) is 1.67. The lowest BCUT2D eigenvalue weighted by Crippen LogP contribution is -2.43. The summed E-state index contributed by atoms with van der Waals surface area (Å²) in [6.07, 6.45) is 0. The first kappa shape index (κ1) is 21.2. The number of hydrogen-bond acceptors (Lipinski definition) is 5.